The number of pyridine rings is 1. The Balaban J connectivity index is 1.63. The largest absolute Gasteiger partial charge is 0.289 e. The number of halogens is 2. The predicted octanol–water partition coefficient (Wildman–Crippen LogP) is 8.27. The lowest BCUT2D eigenvalue weighted by Crippen LogP contribution is -2.01. The normalized spacial score (nSPS) is 11.7. The molecule has 0 radical (unpaired) electrons. The first-order chi connectivity index (χ1) is 15.0. The Morgan fingerprint density at radius 3 is 2.16 bits per heavy atom. The van der Waals surface area contributed by atoms with E-state index in [0.717, 1.165) is 47.0 Å². The van der Waals surface area contributed by atoms with Gasteiger partial charge < -0.3 is 0 Å². The third kappa shape index (κ3) is 3.71. The van der Waals surface area contributed by atoms with E-state index < -0.39 is 0 Å². The van der Waals surface area contributed by atoms with Gasteiger partial charge in [0, 0.05) is 25.6 Å². The first kappa shape index (κ1) is 20.1. The van der Waals surface area contributed by atoms with Crippen molar-refractivity contribution >= 4 is 76.2 Å². The summed E-state index contributed by atoms with van der Waals surface area (Å²) < 4.78 is 1.84. The number of hydrogen-bond acceptors (Lipinski definition) is 2. The van der Waals surface area contributed by atoms with Crippen molar-refractivity contribution in [3.63, 3.8) is 0 Å². The summed E-state index contributed by atoms with van der Waals surface area (Å²) in [5, 5.41) is 5.50. The van der Waals surface area contributed by atoms with Crippen LogP contribution in [0, 0.1) is 6.92 Å². The summed E-state index contributed by atoms with van der Waals surface area (Å²) in [6.07, 6.45) is 3.60. The Hall–Kier alpha value is -2.82. The van der Waals surface area contributed by atoms with Crippen molar-refractivity contribution in [2.45, 2.75) is 6.92 Å². The molecule has 0 saturated heterocycles. The van der Waals surface area contributed by atoms with Crippen LogP contribution in [0.1, 0.15) is 21.6 Å². The van der Waals surface area contributed by atoms with Gasteiger partial charge in [0.25, 0.3) is 0 Å². The smallest absolute Gasteiger partial charge is 0.187 e. The van der Waals surface area contributed by atoms with Crippen molar-refractivity contribution in [1.82, 2.24) is 4.98 Å². The second-order valence-electron chi connectivity index (χ2n) is 7.51. The van der Waals surface area contributed by atoms with Crippen molar-refractivity contribution < 1.29 is 4.79 Å². The zero-order valence-corrected chi connectivity index (χ0v) is 19.9. The van der Waals surface area contributed by atoms with Crippen LogP contribution in [0.15, 0.2) is 87.8 Å². The molecule has 5 aromatic rings. The van der Waals surface area contributed by atoms with Crippen LogP contribution in [0.5, 0.6) is 0 Å². The molecule has 0 aliphatic rings. The predicted molar refractivity (Wildman–Crippen MR) is 137 cm³/mol. The average molecular weight is 531 g/mol. The van der Waals surface area contributed by atoms with Crippen LogP contribution in [0.2, 0.25) is 0 Å². The van der Waals surface area contributed by atoms with Crippen LogP contribution in [-0.4, -0.2) is 10.8 Å². The maximum atomic E-state index is 13.2. The van der Waals surface area contributed by atoms with E-state index in [4.69, 9.17) is 0 Å². The molecule has 5 rings (SSSR count). The van der Waals surface area contributed by atoms with E-state index in [1.165, 1.54) is 0 Å². The van der Waals surface area contributed by atoms with E-state index in [1.807, 2.05) is 55.5 Å². The topological polar surface area (TPSA) is 30.0 Å². The summed E-state index contributed by atoms with van der Waals surface area (Å²) >= 11 is 7.07. The van der Waals surface area contributed by atoms with Crippen LogP contribution in [0.4, 0.5) is 0 Å². The molecule has 150 valence electrons. The maximum Gasteiger partial charge on any atom is 0.187 e. The fourth-order valence-corrected chi connectivity index (χ4v) is 5.38. The minimum Gasteiger partial charge on any atom is -0.289 e. The molecule has 0 aliphatic heterocycles. The number of benzene rings is 4. The molecular weight excluding hydrogens is 514 g/mol. The van der Waals surface area contributed by atoms with Gasteiger partial charge in [-0.1, -0.05) is 64.5 Å². The van der Waals surface area contributed by atoms with Gasteiger partial charge in [0.15, 0.2) is 5.78 Å². The molecule has 0 saturated carbocycles. The van der Waals surface area contributed by atoms with Crippen LogP contribution < -0.4 is 0 Å². The monoisotopic (exact) mass is 529 g/mol. The Kier molecular flexibility index (Phi) is 5.20. The summed E-state index contributed by atoms with van der Waals surface area (Å²) in [5.74, 6) is -0.0555. The fourth-order valence-electron chi connectivity index (χ4n) is 4.03. The van der Waals surface area contributed by atoms with E-state index in [2.05, 4.69) is 67.2 Å². The zero-order valence-electron chi connectivity index (χ0n) is 16.7. The third-order valence-electron chi connectivity index (χ3n) is 5.51. The molecule has 31 heavy (non-hydrogen) atoms. The first-order valence-electron chi connectivity index (χ1n) is 9.90. The first-order valence-corrected chi connectivity index (χ1v) is 11.5. The summed E-state index contributed by atoms with van der Waals surface area (Å²) in [7, 11) is 0. The van der Waals surface area contributed by atoms with Crippen molar-refractivity contribution in [3.05, 3.63) is 105 Å². The number of nitrogens with zero attached hydrogens (tertiary/aromatic N) is 1. The van der Waals surface area contributed by atoms with Gasteiger partial charge in [-0.15, -0.1) is 0 Å². The molecule has 0 aliphatic carbocycles. The van der Waals surface area contributed by atoms with Crippen LogP contribution >= 0.6 is 31.9 Å². The Morgan fingerprint density at radius 2 is 1.48 bits per heavy atom. The van der Waals surface area contributed by atoms with E-state index >= 15 is 0 Å². The fraction of sp³-hybridized carbons (Fsp3) is 0.0370. The molecule has 0 amide bonds. The minimum absolute atomic E-state index is 0.0555. The lowest BCUT2D eigenvalue weighted by Gasteiger charge is -2.09. The van der Waals surface area contributed by atoms with Gasteiger partial charge in [0.05, 0.1) is 5.52 Å². The standard InChI is InChI=1S/C27H17Br2NO/c1-16-24(14-19-13-20(28)15-25(29)27(19)30-16)26(31)11-10-23-21-8-4-2-6-17(21)12-18-7-3-5-9-22(18)23/h2-15H,1H3/b11-10+. The van der Waals surface area contributed by atoms with Gasteiger partial charge >= 0.3 is 0 Å². The number of aryl methyl sites for hydroxylation is 1. The number of rotatable bonds is 3. The third-order valence-corrected chi connectivity index (χ3v) is 6.57. The highest BCUT2D eigenvalue weighted by Crippen LogP contribution is 2.31. The van der Waals surface area contributed by atoms with Crippen LogP contribution in [-0.2, 0) is 0 Å². The van der Waals surface area contributed by atoms with Gasteiger partial charge in [-0.25, -0.2) is 0 Å². The Morgan fingerprint density at radius 1 is 0.839 bits per heavy atom. The number of aromatic nitrogens is 1. The summed E-state index contributed by atoms with van der Waals surface area (Å²) in [6.45, 7) is 1.88. The van der Waals surface area contributed by atoms with Gasteiger partial charge in [-0.2, -0.15) is 0 Å². The van der Waals surface area contributed by atoms with E-state index in [1.54, 1.807) is 6.08 Å². The van der Waals surface area contributed by atoms with Crippen molar-refractivity contribution in [3.8, 4) is 0 Å². The van der Waals surface area contributed by atoms with Crippen molar-refractivity contribution in [2.75, 3.05) is 0 Å². The molecule has 0 atom stereocenters. The van der Waals surface area contributed by atoms with Gasteiger partial charge in [-0.3, -0.25) is 9.78 Å². The summed E-state index contributed by atoms with van der Waals surface area (Å²) in [4.78, 5) is 17.8. The van der Waals surface area contributed by atoms with Crippen molar-refractivity contribution in [1.29, 1.82) is 0 Å². The van der Waals surface area contributed by atoms with E-state index in [9.17, 15) is 4.79 Å². The molecule has 0 bridgehead atoms. The van der Waals surface area contributed by atoms with Crippen LogP contribution in [0.3, 0.4) is 0 Å². The number of carbonyl (C=O) groups excluding carboxylic acids is 1. The lowest BCUT2D eigenvalue weighted by molar-refractivity contribution is 0.104. The second kappa shape index (κ2) is 8.03. The minimum atomic E-state index is -0.0555. The van der Waals surface area contributed by atoms with E-state index in [-0.39, 0.29) is 5.78 Å². The zero-order chi connectivity index (χ0) is 21.5. The molecule has 0 unspecified atom stereocenters. The molecule has 1 heterocycles. The SMILES string of the molecule is Cc1nc2c(Br)cc(Br)cc2cc1C(=O)/C=C/c1c2ccccc2cc2ccccc12. The molecular formula is C27H17Br2NO. The number of allylic oxidation sites excluding steroid dienone is 1. The van der Waals surface area contributed by atoms with Gasteiger partial charge in [0.2, 0.25) is 0 Å². The molecule has 0 fully saturated rings. The summed E-state index contributed by atoms with van der Waals surface area (Å²) in [6, 6.07) is 24.6. The molecule has 4 aromatic carbocycles. The number of ketones is 1. The summed E-state index contributed by atoms with van der Waals surface area (Å²) in [5.41, 5.74) is 3.23. The highest BCUT2D eigenvalue weighted by Gasteiger charge is 2.12. The lowest BCUT2D eigenvalue weighted by atomic mass is 9.96. The average Bonchev–Trinajstić information content (AvgIpc) is 2.76. The van der Waals surface area contributed by atoms with Gasteiger partial charge in [0.1, 0.15) is 0 Å². The molecule has 1 aromatic heterocycles. The highest BCUT2D eigenvalue weighted by atomic mass is 79.9. The molecule has 4 heteroatoms. The maximum absolute atomic E-state index is 13.2. The Labute approximate surface area is 196 Å². The van der Waals surface area contributed by atoms with Crippen molar-refractivity contribution in [2.24, 2.45) is 0 Å². The highest BCUT2D eigenvalue weighted by molar-refractivity contribution is 9.11. The molecule has 0 N–H and O–H groups in total. The number of hydrogen-bond donors (Lipinski definition) is 0. The molecule has 2 nitrogen and oxygen atoms in total. The molecule has 0 spiro atoms. The quantitative estimate of drug-likeness (QED) is 0.133. The number of fused-ring (bicyclic) bond motifs is 3. The Bertz CT molecular complexity index is 1480. The van der Waals surface area contributed by atoms with Gasteiger partial charge in [-0.05, 0) is 86.4 Å². The van der Waals surface area contributed by atoms with E-state index in [0.29, 0.717) is 11.3 Å². The van der Waals surface area contributed by atoms with Crippen LogP contribution in [0.25, 0.3) is 38.5 Å². The second-order valence-corrected chi connectivity index (χ2v) is 9.28. The number of carbonyl (C=O) groups is 1.